The molecule has 0 unspecified atom stereocenters. The van der Waals surface area contributed by atoms with E-state index in [1.165, 1.54) is 12.8 Å². The molecular weight excluding hydrogens is 230 g/mol. The van der Waals surface area contributed by atoms with E-state index in [-0.39, 0.29) is 24.5 Å². The van der Waals surface area contributed by atoms with Gasteiger partial charge in [0.05, 0.1) is 12.6 Å². The molecule has 1 rings (SSSR count). The van der Waals surface area contributed by atoms with Gasteiger partial charge in [-0.1, -0.05) is 26.2 Å². The smallest absolute Gasteiger partial charge is 0.222 e. The maximum Gasteiger partial charge on any atom is 0.222 e. The lowest BCUT2D eigenvalue weighted by Crippen LogP contribution is -2.38. The summed E-state index contributed by atoms with van der Waals surface area (Å²) >= 11 is 0. The third kappa shape index (κ3) is 4.58. The molecule has 0 bridgehead atoms. The molecule has 0 aromatic rings. The molecule has 1 saturated heterocycles. The van der Waals surface area contributed by atoms with Gasteiger partial charge in [0.2, 0.25) is 5.91 Å². The predicted octanol–water partition coefficient (Wildman–Crippen LogP) is 1.81. The monoisotopic (exact) mass is 257 g/mol. The van der Waals surface area contributed by atoms with Crippen LogP contribution < -0.4 is 0 Å². The van der Waals surface area contributed by atoms with Crippen LogP contribution in [0.2, 0.25) is 0 Å². The summed E-state index contributed by atoms with van der Waals surface area (Å²) in [6, 6.07) is 0.158. The van der Waals surface area contributed by atoms with Crippen molar-refractivity contribution in [1.82, 2.24) is 4.90 Å². The summed E-state index contributed by atoms with van der Waals surface area (Å²) in [5.74, 6) is 0.453. The largest absolute Gasteiger partial charge is 0.396 e. The summed E-state index contributed by atoms with van der Waals surface area (Å²) in [7, 11) is 1.66. The standard InChI is InChI=1S/C14H27NO3/c1-3-4-5-6-7-14(17)15-9-12(10-16)8-13(15)11-18-2/h12-13,16H,3-11H2,1-2H3/t12-,13+/m1/s1. The number of hydrogen-bond acceptors (Lipinski definition) is 3. The quantitative estimate of drug-likeness (QED) is 0.675. The molecule has 0 aromatic carbocycles. The summed E-state index contributed by atoms with van der Waals surface area (Å²) in [5, 5.41) is 9.22. The molecule has 2 atom stereocenters. The van der Waals surface area contributed by atoms with Gasteiger partial charge in [-0.2, -0.15) is 0 Å². The second-order valence-corrected chi connectivity index (χ2v) is 5.25. The van der Waals surface area contributed by atoms with Crippen molar-refractivity contribution in [3.05, 3.63) is 0 Å². The van der Waals surface area contributed by atoms with Gasteiger partial charge >= 0.3 is 0 Å². The zero-order valence-corrected chi connectivity index (χ0v) is 11.7. The SMILES string of the molecule is CCCCCCC(=O)N1C[C@H](CO)C[C@H]1COC. The molecule has 1 fully saturated rings. The molecule has 1 aliphatic rings. The third-order valence-electron chi connectivity index (χ3n) is 3.68. The number of aliphatic hydroxyl groups excluding tert-OH is 1. The molecule has 4 heteroatoms. The highest BCUT2D eigenvalue weighted by atomic mass is 16.5. The van der Waals surface area contributed by atoms with Crippen molar-refractivity contribution in [2.75, 3.05) is 26.9 Å². The van der Waals surface area contributed by atoms with Gasteiger partial charge in [0.25, 0.3) is 0 Å². The molecule has 1 amide bonds. The van der Waals surface area contributed by atoms with Crippen molar-refractivity contribution in [3.63, 3.8) is 0 Å². The van der Waals surface area contributed by atoms with E-state index >= 15 is 0 Å². The van der Waals surface area contributed by atoms with E-state index in [0.717, 1.165) is 19.3 Å². The first-order valence-electron chi connectivity index (χ1n) is 7.12. The Bertz CT molecular complexity index is 245. The fraction of sp³-hybridized carbons (Fsp3) is 0.929. The van der Waals surface area contributed by atoms with Gasteiger partial charge in [-0.05, 0) is 12.8 Å². The van der Waals surface area contributed by atoms with Crippen LogP contribution in [0.25, 0.3) is 0 Å². The van der Waals surface area contributed by atoms with Crippen molar-refractivity contribution in [2.45, 2.75) is 51.5 Å². The highest BCUT2D eigenvalue weighted by Gasteiger charge is 2.34. The topological polar surface area (TPSA) is 49.8 Å². The number of carbonyl (C=O) groups is 1. The van der Waals surface area contributed by atoms with Gasteiger partial charge in [-0.3, -0.25) is 4.79 Å². The predicted molar refractivity (Wildman–Crippen MR) is 71.3 cm³/mol. The van der Waals surface area contributed by atoms with E-state index in [9.17, 15) is 9.90 Å². The lowest BCUT2D eigenvalue weighted by atomic mass is 10.1. The minimum atomic E-state index is 0.158. The molecule has 0 spiro atoms. The van der Waals surface area contributed by atoms with E-state index in [0.29, 0.717) is 19.6 Å². The second-order valence-electron chi connectivity index (χ2n) is 5.25. The Kier molecular flexibility index (Phi) is 7.28. The first kappa shape index (κ1) is 15.4. The molecule has 0 aliphatic carbocycles. The Hall–Kier alpha value is -0.610. The molecule has 0 radical (unpaired) electrons. The molecule has 4 nitrogen and oxygen atoms in total. The Morgan fingerprint density at radius 2 is 2.17 bits per heavy atom. The fourth-order valence-electron chi connectivity index (χ4n) is 2.65. The number of likely N-dealkylation sites (tertiary alicyclic amines) is 1. The van der Waals surface area contributed by atoms with E-state index in [4.69, 9.17) is 4.74 Å². The zero-order chi connectivity index (χ0) is 13.4. The van der Waals surface area contributed by atoms with E-state index in [1.54, 1.807) is 7.11 Å². The second kappa shape index (κ2) is 8.48. The van der Waals surface area contributed by atoms with Crippen molar-refractivity contribution >= 4 is 5.91 Å². The fourth-order valence-corrected chi connectivity index (χ4v) is 2.65. The molecule has 0 aromatic heterocycles. The van der Waals surface area contributed by atoms with Crippen LogP contribution in [0, 0.1) is 5.92 Å². The minimum Gasteiger partial charge on any atom is -0.396 e. The van der Waals surface area contributed by atoms with Crippen molar-refractivity contribution < 1.29 is 14.6 Å². The number of hydrogen-bond donors (Lipinski definition) is 1. The van der Waals surface area contributed by atoms with Crippen LogP contribution in [0.1, 0.15) is 45.4 Å². The van der Waals surface area contributed by atoms with Crippen LogP contribution in [0.5, 0.6) is 0 Å². The van der Waals surface area contributed by atoms with Gasteiger partial charge in [-0.15, -0.1) is 0 Å². The van der Waals surface area contributed by atoms with Crippen molar-refractivity contribution in [3.8, 4) is 0 Å². The number of unbranched alkanes of at least 4 members (excludes halogenated alkanes) is 3. The molecule has 106 valence electrons. The Labute approximate surface area is 110 Å². The maximum absolute atomic E-state index is 12.1. The summed E-state index contributed by atoms with van der Waals surface area (Å²) in [6.07, 6.45) is 6.01. The molecule has 0 saturated carbocycles. The average molecular weight is 257 g/mol. The number of ether oxygens (including phenoxy) is 1. The highest BCUT2D eigenvalue weighted by molar-refractivity contribution is 5.76. The number of carbonyl (C=O) groups excluding carboxylic acids is 1. The summed E-state index contributed by atoms with van der Waals surface area (Å²) in [4.78, 5) is 14.1. The first-order chi connectivity index (χ1) is 8.72. The number of rotatable bonds is 8. The average Bonchev–Trinajstić information content (AvgIpc) is 2.78. The van der Waals surface area contributed by atoms with Crippen LogP contribution in [0.15, 0.2) is 0 Å². The summed E-state index contributed by atoms with van der Waals surface area (Å²) in [6.45, 7) is 3.61. The van der Waals surface area contributed by atoms with Crippen LogP contribution in [0.4, 0.5) is 0 Å². The number of nitrogens with zero attached hydrogens (tertiary/aromatic N) is 1. The molecule has 1 N–H and O–H groups in total. The number of methoxy groups -OCH3 is 1. The van der Waals surface area contributed by atoms with Gasteiger partial charge in [-0.25, -0.2) is 0 Å². The van der Waals surface area contributed by atoms with Crippen molar-refractivity contribution in [2.24, 2.45) is 5.92 Å². The molecule has 1 heterocycles. The number of aliphatic hydroxyl groups is 1. The Morgan fingerprint density at radius 1 is 1.39 bits per heavy atom. The van der Waals surface area contributed by atoms with Crippen LogP contribution in [-0.2, 0) is 9.53 Å². The Morgan fingerprint density at radius 3 is 2.78 bits per heavy atom. The zero-order valence-electron chi connectivity index (χ0n) is 11.7. The normalized spacial score (nSPS) is 23.6. The third-order valence-corrected chi connectivity index (χ3v) is 3.68. The maximum atomic E-state index is 12.1. The number of amides is 1. The lowest BCUT2D eigenvalue weighted by Gasteiger charge is -2.24. The molecule has 18 heavy (non-hydrogen) atoms. The van der Waals surface area contributed by atoms with Crippen LogP contribution in [-0.4, -0.2) is 48.8 Å². The summed E-state index contributed by atoms with van der Waals surface area (Å²) < 4.78 is 5.17. The summed E-state index contributed by atoms with van der Waals surface area (Å²) in [5.41, 5.74) is 0. The van der Waals surface area contributed by atoms with Gasteiger partial charge < -0.3 is 14.7 Å². The first-order valence-corrected chi connectivity index (χ1v) is 7.12. The highest BCUT2D eigenvalue weighted by Crippen LogP contribution is 2.24. The molecule has 1 aliphatic heterocycles. The van der Waals surface area contributed by atoms with Crippen LogP contribution in [0.3, 0.4) is 0 Å². The van der Waals surface area contributed by atoms with Crippen molar-refractivity contribution in [1.29, 1.82) is 0 Å². The Balaban J connectivity index is 2.38. The minimum absolute atomic E-state index is 0.158. The van der Waals surface area contributed by atoms with E-state index in [1.807, 2.05) is 4.90 Å². The lowest BCUT2D eigenvalue weighted by molar-refractivity contribution is -0.133. The van der Waals surface area contributed by atoms with Gasteiger partial charge in [0, 0.05) is 32.6 Å². The molecular formula is C14H27NO3. The van der Waals surface area contributed by atoms with E-state index < -0.39 is 0 Å². The van der Waals surface area contributed by atoms with Crippen LogP contribution >= 0.6 is 0 Å². The van der Waals surface area contributed by atoms with Gasteiger partial charge in [0.15, 0.2) is 0 Å². The van der Waals surface area contributed by atoms with Gasteiger partial charge in [0.1, 0.15) is 0 Å². The van der Waals surface area contributed by atoms with E-state index in [2.05, 4.69) is 6.92 Å².